The van der Waals surface area contributed by atoms with Crippen LogP contribution in [0.2, 0.25) is 0 Å². The molecule has 1 aromatic carbocycles. The average Bonchev–Trinajstić information content (AvgIpc) is 3.51. The highest BCUT2D eigenvalue weighted by molar-refractivity contribution is 6.03. The maximum atomic E-state index is 13.0. The SMILES string of the molecule is CCCN(CC1CC1)c1cc(C(=O)Nc2ccc(CN3CCC[C@@H]3CC)cc2C)ncn1. The summed E-state index contributed by atoms with van der Waals surface area (Å²) < 4.78 is 0. The topological polar surface area (TPSA) is 61.4 Å². The van der Waals surface area contributed by atoms with Gasteiger partial charge in [-0.2, -0.15) is 0 Å². The van der Waals surface area contributed by atoms with E-state index < -0.39 is 0 Å². The van der Waals surface area contributed by atoms with E-state index >= 15 is 0 Å². The summed E-state index contributed by atoms with van der Waals surface area (Å²) in [4.78, 5) is 26.5. The summed E-state index contributed by atoms with van der Waals surface area (Å²) in [6, 6.07) is 8.89. The summed E-state index contributed by atoms with van der Waals surface area (Å²) in [6.07, 6.45) is 8.97. The van der Waals surface area contributed by atoms with Crippen molar-refractivity contribution in [2.75, 3.05) is 29.9 Å². The monoisotopic (exact) mass is 435 g/mol. The average molecular weight is 436 g/mol. The van der Waals surface area contributed by atoms with Crippen LogP contribution in [0.5, 0.6) is 0 Å². The van der Waals surface area contributed by atoms with Crippen LogP contribution >= 0.6 is 0 Å². The first kappa shape index (κ1) is 22.7. The van der Waals surface area contributed by atoms with E-state index in [9.17, 15) is 4.79 Å². The molecule has 0 unspecified atom stereocenters. The van der Waals surface area contributed by atoms with Crippen LogP contribution < -0.4 is 10.2 Å². The molecule has 1 saturated carbocycles. The highest BCUT2D eigenvalue weighted by Crippen LogP contribution is 2.31. The first-order valence-electron chi connectivity index (χ1n) is 12.3. The van der Waals surface area contributed by atoms with Crippen LogP contribution in [-0.2, 0) is 6.54 Å². The van der Waals surface area contributed by atoms with Crippen LogP contribution in [-0.4, -0.2) is 46.5 Å². The maximum Gasteiger partial charge on any atom is 0.274 e. The zero-order valence-electron chi connectivity index (χ0n) is 19.8. The molecular formula is C26H37N5O. The highest BCUT2D eigenvalue weighted by atomic mass is 16.1. The predicted molar refractivity (Wildman–Crippen MR) is 130 cm³/mol. The lowest BCUT2D eigenvalue weighted by molar-refractivity contribution is 0.102. The minimum Gasteiger partial charge on any atom is -0.356 e. The number of nitrogens with zero attached hydrogens (tertiary/aromatic N) is 4. The van der Waals surface area contributed by atoms with Crippen LogP contribution in [0.1, 0.15) is 74.0 Å². The Morgan fingerprint density at radius 2 is 2.03 bits per heavy atom. The number of benzene rings is 1. The molecule has 4 rings (SSSR count). The van der Waals surface area contributed by atoms with Crippen molar-refractivity contribution in [1.82, 2.24) is 14.9 Å². The number of hydrogen-bond acceptors (Lipinski definition) is 5. The molecule has 1 aromatic heterocycles. The van der Waals surface area contributed by atoms with Gasteiger partial charge in [-0.3, -0.25) is 9.69 Å². The van der Waals surface area contributed by atoms with Crippen molar-refractivity contribution in [3.63, 3.8) is 0 Å². The van der Waals surface area contributed by atoms with Crippen molar-refractivity contribution in [2.45, 2.75) is 71.9 Å². The van der Waals surface area contributed by atoms with Crippen LogP contribution in [0.4, 0.5) is 11.5 Å². The fraction of sp³-hybridized carbons (Fsp3) is 0.577. The van der Waals surface area contributed by atoms with Gasteiger partial charge in [0.1, 0.15) is 17.8 Å². The van der Waals surface area contributed by atoms with E-state index in [1.165, 1.54) is 50.5 Å². The number of nitrogens with one attached hydrogen (secondary N) is 1. The molecule has 2 aliphatic rings. The molecule has 2 fully saturated rings. The lowest BCUT2D eigenvalue weighted by atomic mass is 10.1. The third kappa shape index (κ3) is 5.66. The fourth-order valence-corrected chi connectivity index (χ4v) is 4.78. The van der Waals surface area contributed by atoms with Gasteiger partial charge in [-0.15, -0.1) is 0 Å². The number of amides is 1. The third-order valence-electron chi connectivity index (χ3n) is 6.77. The molecule has 1 atom stereocenters. The van der Waals surface area contributed by atoms with Crippen molar-refractivity contribution in [3.8, 4) is 0 Å². The molecular weight excluding hydrogens is 398 g/mol. The highest BCUT2D eigenvalue weighted by Gasteiger charge is 2.25. The van der Waals surface area contributed by atoms with E-state index in [-0.39, 0.29) is 5.91 Å². The minimum atomic E-state index is -0.182. The summed E-state index contributed by atoms with van der Waals surface area (Å²) in [7, 11) is 0. The van der Waals surface area contributed by atoms with E-state index in [0.29, 0.717) is 11.7 Å². The number of carbonyl (C=O) groups is 1. The van der Waals surface area contributed by atoms with E-state index in [2.05, 4.69) is 58.0 Å². The Labute approximate surface area is 192 Å². The summed E-state index contributed by atoms with van der Waals surface area (Å²) in [5.74, 6) is 1.43. The van der Waals surface area contributed by atoms with E-state index in [1.807, 2.05) is 12.1 Å². The van der Waals surface area contributed by atoms with E-state index in [0.717, 1.165) is 49.0 Å². The molecule has 172 valence electrons. The van der Waals surface area contributed by atoms with Gasteiger partial charge in [0.25, 0.3) is 5.91 Å². The van der Waals surface area contributed by atoms with E-state index in [4.69, 9.17) is 0 Å². The van der Waals surface area contributed by atoms with Crippen molar-refractivity contribution in [3.05, 3.63) is 47.4 Å². The van der Waals surface area contributed by atoms with Crippen molar-refractivity contribution in [2.24, 2.45) is 5.92 Å². The summed E-state index contributed by atoms with van der Waals surface area (Å²) in [5, 5.41) is 3.06. The van der Waals surface area contributed by atoms with Gasteiger partial charge in [0.15, 0.2) is 0 Å². The van der Waals surface area contributed by atoms with Gasteiger partial charge in [0, 0.05) is 37.4 Å². The smallest absolute Gasteiger partial charge is 0.274 e. The molecule has 32 heavy (non-hydrogen) atoms. The largest absolute Gasteiger partial charge is 0.356 e. The van der Waals surface area contributed by atoms with Crippen molar-refractivity contribution >= 4 is 17.4 Å². The Kier molecular flexibility index (Phi) is 7.40. The molecule has 6 heteroatoms. The Morgan fingerprint density at radius 3 is 2.75 bits per heavy atom. The van der Waals surface area contributed by atoms with Crippen molar-refractivity contribution in [1.29, 1.82) is 0 Å². The van der Waals surface area contributed by atoms with Gasteiger partial charge in [-0.25, -0.2) is 9.97 Å². The van der Waals surface area contributed by atoms with Crippen molar-refractivity contribution < 1.29 is 4.79 Å². The first-order chi connectivity index (χ1) is 15.6. The van der Waals surface area contributed by atoms with Gasteiger partial charge >= 0.3 is 0 Å². The van der Waals surface area contributed by atoms with Gasteiger partial charge < -0.3 is 10.2 Å². The first-order valence-corrected chi connectivity index (χ1v) is 12.3. The van der Waals surface area contributed by atoms with Crippen LogP contribution in [0.15, 0.2) is 30.6 Å². The second-order valence-electron chi connectivity index (χ2n) is 9.43. The van der Waals surface area contributed by atoms with Gasteiger partial charge in [0.05, 0.1) is 0 Å². The molecule has 1 aliphatic heterocycles. The molecule has 1 aliphatic carbocycles. The Hall–Kier alpha value is -2.47. The molecule has 1 amide bonds. The lowest BCUT2D eigenvalue weighted by Gasteiger charge is -2.24. The standard InChI is InChI=1S/C26H37N5O/c1-4-12-31(16-20-8-9-20)25-15-24(27-18-28-25)26(32)29-23-11-10-21(14-19(23)3)17-30-13-6-7-22(30)5-2/h10-11,14-15,18,20,22H,4-9,12-13,16-17H2,1-3H3,(H,29,32)/t22-/m0/s1. The van der Waals surface area contributed by atoms with Crippen LogP contribution in [0.25, 0.3) is 0 Å². The number of hydrogen-bond donors (Lipinski definition) is 1. The summed E-state index contributed by atoms with van der Waals surface area (Å²) >= 11 is 0. The maximum absolute atomic E-state index is 13.0. The molecule has 0 radical (unpaired) electrons. The lowest BCUT2D eigenvalue weighted by Crippen LogP contribution is -2.28. The fourth-order valence-electron chi connectivity index (χ4n) is 4.78. The number of carbonyl (C=O) groups excluding carboxylic acids is 1. The third-order valence-corrected chi connectivity index (χ3v) is 6.77. The predicted octanol–water partition coefficient (Wildman–Crippen LogP) is 5.04. The number of anilines is 2. The van der Waals surface area contributed by atoms with Gasteiger partial charge in [-0.05, 0) is 75.1 Å². The van der Waals surface area contributed by atoms with Gasteiger partial charge in [-0.1, -0.05) is 26.0 Å². The van der Waals surface area contributed by atoms with Crippen LogP contribution in [0, 0.1) is 12.8 Å². The zero-order chi connectivity index (χ0) is 22.5. The second-order valence-corrected chi connectivity index (χ2v) is 9.43. The Bertz CT molecular complexity index is 926. The second kappa shape index (κ2) is 10.4. The molecule has 2 heterocycles. The Morgan fingerprint density at radius 1 is 1.19 bits per heavy atom. The molecule has 1 N–H and O–H groups in total. The summed E-state index contributed by atoms with van der Waals surface area (Å²) in [5.41, 5.74) is 3.65. The molecule has 6 nitrogen and oxygen atoms in total. The quantitative estimate of drug-likeness (QED) is 0.567. The summed E-state index contributed by atoms with van der Waals surface area (Å²) in [6.45, 7) is 10.6. The normalized spacial score (nSPS) is 18.7. The number of aromatic nitrogens is 2. The molecule has 0 bridgehead atoms. The Balaban J connectivity index is 1.42. The zero-order valence-corrected chi connectivity index (χ0v) is 19.8. The van der Waals surface area contributed by atoms with Gasteiger partial charge in [0.2, 0.25) is 0 Å². The molecule has 0 spiro atoms. The number of likely N-dealkylation sites (tertiary alicyclic amines) is 1. The molecule has 2 aromatic rings. The number of aryl methyl sites for hydroxylation is 1. The number of rotatable bonds is 10. The molecule has 1 saturated heterocycles. The van der Waals surface area contributed by atoms with E-state index in [1.54, 1.807) is 0 Å². The van der Waals surface area contributed by atoms with Crippen LogP contribution in [0.3, 0.4) is 0 Å². The minimum absolute atomic E-state index is 0.182.